The first-order chi connectivity index (χ1) is 7.75. The molecule has 2 rings (SSSR count). The predicted molar refractivity (Wildman–Crippen MR) is 66.6 cm³/mol. The predicted octanol–water partition coefficient (Wildman–Crippen LogP) is 3.03. The SMILES string of the molecule is Cc1cc(OCCn2ccnc2)ccc1Br. The van der Waals surface area contributed by atoms with E-state index in [0.717, 1.165) is 16.8 Å². The Morgan fingerprint density at radius 2 is 2.31 bits per heavy atom. The van der Waals surface area contributed by atoms with Crippen LogP contribution in [-0.4, -0.2) is 16.2 Å². The highest BCUT2D eigenvalue weighted by molar-refractivity contribution is 9.10. The number of hydrogen-bond acceptors (Lipinski definition) is 2. The lowest BCUT2D eigenvalue weighted by Gasteiger charge is -2.08. The van der Waals surface area contributed by atoms with Gasteiger partial charge in [0.2, 0.25) is 0 Å². The number of halogens is 1. The Bertz CT molecular complexity index is 454. The zero-order valence-corrected chi connectivity index (χ0v) is 10.6. The first-order valence-electron chi connectivity index (χ1n) is 5.10. The van der Waals surface area contributed by atoms with Crippen LogP contribution < -0.4 is 4.74 Å². The van der Waals surface area contributed by atoms with E-state index in [-0.39, 0.29) is 0 Å². The minimum Gasteiger partial charge on any atom is -0.492 e. The fraction of sp³-hybridized carbons (Fsp3) is 0.250. The Kier molecular flexibility index (Phi) is 3.62. The second-order valence-corrected chi connectivity index (χ2v) is 4.41. The minimum atomic E-state index is 0.650. The summed E-state index contributed by atoms with van der Waals surface area (Å²) in [6, 6.07) is 5.99. The number of nitrogens with zero attached hydrogens (tertiary/aromatic N) is 2. The van der Waals surface area contributed by atoms with Gasteiger partial charge in [0.25, 0.3) is 0 Å². The van der Waals surface area contributed by atoms with Gasteiger partial charge in [0.15, 0.2) is 0 Å². The van der Waals surface area contributed by atoms with Crippen LogP contribution in [0, 0.1) is 6.92 Å². The van der Waals surface area contributed by atoms with Crippen LogP contribution in [0.25, 0.3) is 0 Å². The molecule has 1 heterocycles. The summed E-state index contributed by atoms with van der Waals surface area (Å²) in [6.07, 6.45) is 5.48. The molecule has 0 fully saturated rings. The summed E-state index contributed by atoms with van der Waals surface area (Å²) in [6.45, 7) is 3.51. The Morgan fingerprint density at radius 1 is 1.44 bits per heavy atom. The quantitative estimate of drug-likeness (QED) is 0.861. The number of rotatable bonds is 4. The molecule has 0 atom stereocenters. The Hall–Kier alpha value is -1.29. The van der Waals surface area contributed by atoms with Crippen LogP contribution in [-0.2, 0) is 6.54 Å². The fourth-order valence-electron chi connectivity index (χ4n) is 1.39. The van der Waals surface area contributed by atoms with Gasteiger partial charge in [-0.25, -0.2) is 4.98 Å². The first-order valence-corrected chi connectivity index (χ1v) is 5.90. The van der Waals surface area contributed by atoms with Crippen LogP contribution in [0.1, 0.15) is 5.56 Å². The Balaban J connectivity index is 1.87. The summed E-state index contributed by atoms with van der Waals surface area (Å²) in [5, 5.41) is 0. The minimum absolute atomic E-state index is 0.650. The third kappa shape index (κ3) is 2.85. The lowest BCUT2D eigenvalue weighted by molar-refractivity contribution is 0.298. The largest absolute Gasteiger partial charge is 0.492 e. The van der Waals surface area contributed by atoms with E-state index in [0.29, 0.717) is 6.61 Å². The van der Waals surface area contributed by atoms with Gasteiger partial charge in [0.1, 0.15) is 12.4 Å². The molecule has 0 amide bonds. The highest BCUT2D eigenvalue weighted by Gasteiger charge is 1.98. The van der Waals surface area contributed by atoms with Crippen molar-refractivity contribution in [2.45, 2.75) is 13.5 Å². The van der Waals surface area contributed by atoms with Crippen molar-refractivity contribution in [1.82, 2.24) is 9.55 Å². The summed E-state index contributed by atoms with van der Waals surface area (Å²) in [7, 11) is 0. The van der Waals surface area contributed by atoms with Crippen LogP contribution in [0.2, 0.25) is 0 Å². The van der Waals surface area contributed by atoms with Gasteiger partial charge in [-0.1, -0.05) is 15.9 Å². The van der Waals surface area contributed by atoms with Crippen molar-refractivity contribution in [3.63, 3.8) is 0 Å². The molecule has 0 aliphatic carbocycles. The van der Waals surface area contributed by atoms with E-state index in [9.17, 15) is 0 Å². The van der Waals surface area contributed by atoms with E-state index < -0.39 is 0 Å². The lowest BCUT2D eigenvalue weighted by atomic mass is 10.2. The molecule has 0 saturated heterocycles. The van der Waals surface area contributed by atoms with Crippen molar-refractivity contribution in [3.8, 4) is 5.75 Å². The Morgan fingerprint density at radius 3 is 3.00 bits per heavy atom. The molecule has 16 heavy (non-hydrogen) atoms. The maximum absolute atomic E-state index is 5.65. The molecule has 0 N–H and O–H groups in total. The van der Waals surface area contributed by atoms with Crippen LogP contribution in [0.3, 0.4) is 0 Å². The van der Waals surface area contributed by atoms with Gasteiger partial charge < -0.3 is 9.30 Å². The van der Waals surface area contributed by atoms with Crippen molar-refractivity contribution < 1.29 is 4.74 Å². The second kappa shape index (κ2) is 5.16. The van der Waals surface area contributed by atoms with Gasteiger partial charge in [0, 0.05) is 16.9 Å². The number of hydrogen-bond donors (Lipinski definition) is 0. The third-order valence-electron chi connectivity index (χ3n) is 2.31. The summed E-state index contributed by atoms with van der Waals surface area (Å²) in [5.74, 6) is 0.904. The van der Waals surface area contributed by atoms with E-state index in [4.69, 9.17) is 4.74 Å². The average Bonchev–Trinajstić information content (AvgIpc) is 2.76. The normalized spacial score (nSPS) is 10.4. The first kappa shape index (κ1) is 11.2. The fourth-order valence-corrected chi connectivity index (χ4v) is 1.64. The molecule has 3 nitrogen and oxygen atoms in total. The molecular weight excluding hydrogens is 268 g/mol. The number of aromatic nitrogens is 2. The van der Waals surface area contributed by atoms with Crippen LogP contribution in [0.5, 0.6) is 5.75 Å². The molecule has 0 bridgehead atoms. The molecular formula is C12H13BrN2O. The van der Waals surface area contributed by atoms with Crippen molar-refractivity contribution in [3.05, 3.63) is 47.0 Å². The third-order valence-corrected chi connectivity index (χ3v) is 3.20. The number of aryl methyl sites for hydroxylation is 1. The van der Waals surface area contributed by atoms with E-state index in [1.165, 1.54) is 5.56 Å². The monoisotopic (exact) mass is 280 g/mol. The summed E-state index contributed by atoms with van der Waals surface area (Å²) in [5.41, 5.74) is 1.18. The molecule has 0 saturated carbocycles. The van der Waals surface area contributed by atoms with Gasteiger partial charge in [-0.3, -0.25) is 0 Å². The molecule has 2 aromatic rings. The van der Waals surface area contributed by atoms with Gasteiger partial charge in [-0.2, -0.15) is 0 Å². The summed E-state index contributed by atoms with van der Waals surface area (Å²) < 4.78 is 8.74. The molecule has 0 aliphatic heterocycles. The zero-order valence-electron chi connectivity index (χ0n) is 9.06. The number of benzene rings is 1. The van der Waals surface area contributed by atoms with Gasteiger partial charge in [-0.05, 0) is 30.7 Å². The molecule has 84 valence electrons. The van der Waals surface area contributed by atoms with E-state index in [1.54, 1.807) is 12.5 Å². The number of ether oxygens (including phenoxy) is 1. The smallest absolute Gasteiger partial charge is 0.119 e. The van der Waals surface area contributed by atoms with E-state index in [2.05, 4.69) is 20.9 Å². The Labute approximate surface area is 103 Å². The highest BCUT2D eigenvalue weighted by atomic mass is 79.9. The average molecular weight is 281 g/mol. The molecule has 1 aromatic heterocycles. The van der Waals surface area contributed by atoms with Crippen LogP contribution in [0.15, 0.2) is 41.4 Å². The molecule has 0 unspecified atom stereocenters. The molecule has 4 heteroatoms. The van der Waals surface area contributed by atoms with Crippen LogP contribution >= 0.6 is 15.9 Å². The molecule has 1 aromatic carbocycles. The number of imidazole rings is 1. The van der Waals surface area contributed by atoms with Crippen molar-refractivity contribution in [2.75, 3.05) is 6.61 Å². The molecule has 0 spiro atoms. The molecule has 0 radical (unpaired) electrons. The van der Waals surface area contributed by atoms with Gasteiger partial charge in [-0.15, -0.1) is 0 Å². The maximum Gasteiger partial charge on any atom is 0.119 e. The van der Waals surface area contributed by atoms with Gasteiger partial charge >= 0.3 is 0 Å². The maximum atomic E-state index is 5.65. The summed E-state index contributed by atoms with van der Waals surface area (Å²) >= 11 is 3.46. The van der Waals surface area contributed by atoms with Crippen molar-refractivity contribution >= 4 is 15.9 Å². The van der Waals surface area contributed by atoms with E-state index in [1.807, 2.05) is 35.9 Å². The van der Waals surface area contributed by atoms with Crippen molar-refractivity contribution in [1.29, 1.82) is 0 Å². The second-order valence-electron chi connectivity index (χ2n) is 3.56. The lowest BCUT2D eigenvalue weighted by Crippen LogP contribution is -2.06. The van der Waals surface area contributed by atoms with Crippen LogP contribution in [0.4, 0.5) is 0 Å². The summed E-state index contributed by atoms with van der Waals surface area (Å²) in [4.78, 5) is 3.97. The molecule has 0 aliphatic rings. The van der Waals surface area contributed by atoms with E-state index >= 15 is 0 Å². The van der Waals surface area contributed by atoms with Crippen molar-refractivity contribution in [2.24, 2.45) is 0 Å². The zero-order chi connectivity index (χ0) is 11.4. The highest BCUT2D eigenvalue weighted by Crippen LogP contribution is 2.21. The van der Waals surface area contributed by atoms with Gasteiger partial charge in [0.05, 0.1) is 12.9 Å². The topological polar surface area (TPSA) is 27.1 Å². The standard InChI is InChI=1S/C12H13BrN2O/c1-10-8-11(2-3-12(10)13)16-7-6-15-5-4-14-9-15/h2-5,8-9H,6-7H2,1H3.